The summed E-state index contributed by atoms with van der Waals surface area (Å²) >= 11 is 0. The van der Waals surface area contributed by atoms with Crippen LogP contribution in [0.2, 0.25) is 0 Å². The highest BCUT2D eigenvalue weighted by Gasteiger charge is 2.42. The van der Waals surface area contributed by atoms with E-state index in [1.807, 2.05) is 13.8 Å². The number of hydrogen-bond donors (Lipinski definition) is 1. The molecular formula is C20H27F3N2O2. The first kappa shape index (κ1) is 21.3. The standard InChI is InChI=1S/C20H27F3N2O2/c1-5-17(14-7-6-8-15(9-14)20(21,22)23)18(27)25-12-19(3,4)10-16(25)11-24-13(2)26/h6-9,16-17H,5,10-12H2,1-4H3,(H,24,26). The third-order valence-corrected chi connectivity index (χ3v) is 5.02. The van der Waals surface area contributed by atoms with Gasteiger partial charge in [-0.25, -0.2) is 0 Å². The van der Waals surface area contributed by atoms with E-state index in [9.17, 15) is 22.8 Å². The molecule has 2 amide bonds. The van der Waals surface area contributed by atoms with Crippen LogP contribution in [-0.4, -0.2) is 35.8 Å². The van der Waals surface area contributed by atoms with Crippen molar-refractivity contribution in [3.63, 3.8) is 0 Å². The molecular weight excluding hydrogens is 357 g/mol. The number of rotatable bonds is 5. The van der Waals surface area contributed by atoms with Gasteiger partial charge in [-0.3, -0.25) is 9.59 Å². The predicted octanol–water partition coefficient (Wildman–Crippen LogP) is 3.96. The smallest absolute Gasteiger partial charge is 0.354 e. The Hall–Kier alpha value is -2.05. The fourth-order valence-electron chi connectivity index (χ4n) is 3.79. The second kappa shape index (κ2) is 7.90. The third kappa shape index (κ3) is 5.23. The summed E-state index contributed by atoms with van der Waals surface area (Å²) in [7, 11) is 0. The molecule has 1 aromatic carbocycles. The quantitative estimate of drug-likeness (QED) is 0.835. The summed E-state index contributed by atoms with van der Waals surface area (Å²) in [5, 5.41) is 2.75. The van der Waals surface area contributed by atoms with Crippen molar-refractivity contribution >= 4 is 11.8 Å². The molecule has 1 N–H and O–H groups in total. The van der Waals surface area contributed by atoms with E-state index in [0.29, 0.717) is 25.1 Å². The number of likely N-dealkylation sites (tertiary alicyclic amines) is 1. The van der Waals surface area contributed by atoms with Crippen molar-refractivity contribution in [2.75, 3.05) is 13.1 Å². The summed E-state index contributed by atoms with van der Waals surface area (Å²) in [5.74, 6) is -0.990. The van der Waals surface area contributed by atoms with Crippen LogP contribution in [0.1, 0.15) is 57.6 Å². The van der Waals surface area contributed by atoms with Gasteiger partial charge in [0.2, 0.25) is 11.8 Å². The molecule has 2 unspecified atom stereocenters. The topological polar surface area (TPSA) is 49.4 Å². The van der Waals surface area contributed by atoms with E-state index < -0.39 is 17.7 Å². The van der Waals surface area contributed by atoms with E-state index >= 15 is 0 Å². The van der Waals surface area contributed by atoms with Crippen LogP contribution >= 0.6 is 0 Å². The van der Waals surface area contributed by atoms with E-state index in [1.54, 1.807) is 17.9 Å². The maximum Gasteiger partial charge on any atom is 0.416 e. The molecule has 0 bridgehead atoms. The minimum atomic E-state index is -4.44. The number of alkyl halides is 3. The van der Waals surface area contributed by atoms with Gasteiger partial charge in [-0.05, 0) is 29.9 Å². The SMILES string of the molecule is CCC(C(=O)N1CC(C)(C)CC1CNC(C)=O)c1cccc(C(F)(F)F)c1. The molecule has 1 aliphatic rings. The average Bonchev–Trinajstić information content (AvgIpc) is 2.88. The minimum Gasteiger partial charge on any atom is -0.354 e. The Morgan fingerprint density at radius 3 is 2.56 bits per heavy atom. The lowest BCUT2D eigenvalue weighted by Gasteiger charge is -2.29. The number of amides is 2. The summed E-state index contributed by atoms with van der Waals surface area (Å²) in [6.07, 6.45) is -3.30. The van der Waals surface area contributed by atoms with E-state index in [-0.39, 0.29) is 23.3 Å². The number of nitrogens with one attached hydrogen (secondary N) is 1. The number of carbonyl (C=O) groups excluding carboxylic acids is 2. The second-order valence-electron chi connectivity index (χ2n) is 8.01. The van der Waals surface area contributed by atoms with Crippen LogP contribution in [0.15, 0.2) is 24.3 Å². The van der Waals surface area contributed by atoms with E-state index in [2.05, 4.69) is 5.32 Å². The van der Waals surface area contributed by atoms with E-state index in [4.69, 9.17) is 0 Å². The molecule has 2 atom stereocenters. The third-order valence-electron chi connectivity index (χ3n) is 5.02. The van der Waals surface area contributed by atoms with Crippen LogP contribution in [0.4, 0.5) is 13.2 Å². The number of carbonyl (C=O) groups is 2. The zero-order valence-electron chi connectivity index (χ0n) is 16.2. The van der Waals surface area contributed by atoms with Crippen molar-refractivity contribution in [3.8, 4) is 0 Å². The summed E-state index contributed by atoms with van der Waals surface area (Å²) in [4.78, 5) is 26.2. The lowest BCUT2D eigenvalue weighted by molar-refractivity contribution is -0.138. The van der Waals surface area contributed by atoms with Crippen molar-refractivity contribution in [1.82, 2.24) is 10.2 Å². The van der Waals surface area contributed by atoms with Gasteiger partial charge in [0.15, 0.2) is 0 Å². The van der Waals surface area contributed by atoms with Gasteiger partial charge < -0.3 is 10.2 Å². The molecule has 1 saturated heterocycles. The minimum absolute atomic E-state index is 0.106. The molecule has 27 heavy (non-hydrogen) atoms. The van der Waals surface area contributed by atoms with E-state index in [1.165, 1.54) is 13.0 Å². The molecule has 0 aromatic heterocycles. The highest BCUT2D eigenvalue weighted by molar-refractivity contribution is 5.84. The fourth-order valence-corrected chi connectivity index (χ4v) is 3.79. The van der Waals surface area contributed by atoms with Crippen molar-refractivity contribution < 1.29 is 22.8 Å². The van der Waals surface area contributed by atoms with Gasteiger partial charge in [0.05, 0.1) is 11.5 Å². The van der Waals surface area contributed by atoms with Crippen LogP contribution in [0.3, 0.4) is 0 Å². The number of nitrogens with zero attached hydrogens (tertiary/aromatic N) is 1. The predicted molar refractivity (Wildman–Crippen MR) is 97.1 cm³/mol. The van der Waals surface area contributed by atoms with Gasteiger partial charge in [0.1, 0.15) is 0 Å². The molecule has 1 aliphatic heterocycles. The molecule has 2 rings (SSSR count). The van der Waals surface area contributed by atoms with Crippen molar-refractivity contribution in [2.24, 2.45) is 5.41 Å². The van der Waals surface area contributed by atoms with Gasteiger partial charge in [-0.15, -0.1) is 0 Å². The monoisotopic (exact) mass is 384 g/mol. The largest absolute Gasteiger partial charge is 0.416 e. The molecule has 1 aromatic rings. The van der Waals surface area contributed by atoms with Crippen LogP contribution in [0, 0.1) is 5.41 Å². The zero-order valence-corrected chi connectivity index (χ0v) is 16.2. The first-order valence-corrected chi connectivity index (χ1v) is 9.16. The lowest BCUT2D eigenvalue weighted by atomic mass is 9.91. The maximum atomic E-state index is 13.2. The van der Waals surface area contributed by atoms with E-state index in [0.717, 1.165) is 18.6 Å². The maximum absolute atomic E-state index is 13.2. The Labute approximate surface area is 158 Å². The first-order chi connectivity index (χ1) is 12.4. The van der Waals surface area contributed by atoms with Gasteiger partial charge in [0, 0.05) is 26.1 Å². The highest BCUT2D eigenvalue weighted by atomic mass is 19.4. The number of hydrogen-bond acceptors (Lipinski definition) is 2. The molecule has 4 nitrogen and oxygen atoms in total. The molecule has 0 saturated carbocycles. The lowest BCUT2D eigenvalue weighted by Crippen LogP contribution is -2.44. The van der Waals surface area contributed by atoms with Gasteiger partial charge >= 0.3 is 6.18 Å². The molecule has 0 radical (unpaired) electrons. The normalized spacial score (nSPS) is 20.4. The summed E-state index contributed by atoms with van der Waals surface area (Å²) in [6, 6.07) is 4.84. The molecule has 7 heteroatoms. The fraction of sp³-hybridized carbons (Fsp3) is 0.600. The Kier molecular flexibility index (Phi) is 6.22. The second-order valence-corrected chi connectivity index (χ2v) is 8.01. The first-order valence-electron chi connectivity index (χ1n) is 9.16. The Morgan fingerprint density at radius 1 is 1.33 bits per heavy atom. The van der Waals surface area contributed by atoms with Crippen LogP contribution in [-0.2, 0) is 15.8 Å². The summed E-state index contributed by atoms with van der Waals surface area (Å²) < 4.78 is 39.1. The Bertz CT molecular complexity index is 701. The molecule has 0 aliphatic carbocycles. The molecule has 1 heterocycles. The molecule has 1 fully saturated rings. The van der Waals surface area contributed by atoms with Gasteiger partial charge in [0.25, 0.3) is 0 Å². The van der Waals surface area contributed by atoms with Gasteiger partial charge in [-0.2, -0.15) is 13.2 Å². The number of halogens is 3. The summed E-state index contributed by atoms with van der Waals surface area (Å²) in [5.41, 5.74) is -0.478. The highest BCUT2D eigenvalue weighted by Crippen LogP contribution is 2.37. The molecule has 0 spiro atoms. The summed E-state index contributed by atoms with van der Waals surface area (Å²) in [6.45, 7) is 8.18. The molecule has 150 valence electrons. The van der Waals surface area contributed by atoms with Crippen molar-refractivity contribution in [2.45, 2.75) is 58.7 Å². The van der Waals surface area contributed by atoms with Crippen molar-refractivity contribution in [1.29, 1.82) is 0 Å². The Morgan fingerprint density at radius 2 is 2.00 bits per heavy atom. The van der Waals surface area contributed by atoms with Crippen LogP contribution < -0.4 is 5.32 Å². The van der Waals surface area contributed by atoms with Gasteiger partial charge in [-0.1, -0.05) is 39.0 Å². The van der Waals surface area contributed by atoms with Crippen molar-refractivity contribution in [3.05, 3.63) is 35.4 Å². The Balaban J connectivity index is 2.28. The van der Waals surface area contributed by atoms with Crippen LogP contribution in [0.5, 0.6) is 0 Å². The van der Waals surface area contributed by atoms with Crippen LogP contribution in [0.25, 0.3) is 0 Å². The zero-order chi connectivity index (χ0) is 20.4. The average molecular weight is 384 g/mol. The number of benzene rings is 1.